The molecule has 1 aliphatic rings. The second-order valence-electron chi connectivity index (χ2n) is 4.03. The van der Waals surface area contributed by atoms with Crippen molar-refractivity contribution in [2.75, 3.05) is 18.1 Å². The van der Waals surface area contributed by atoms with Crippen molar-refractivity contribution in [2.45, 2.75) is 26.2 Å². The van der Waals surface area contributed by atoms with E-state index in [2.05, 4.69) is 6.07 Å². The summed E-state index contributed by atoms with van der Waals surface area (Å²) in [5, 5.41) is 9.08. The molecule has 0 saturated carbocycles. The predicted octanol–water partition coefficient (Wildman–Crippen LogP) is 0.658. The Labute approximate surface area is 95.3 Å². The van der Waals surface area contributed by atoms with E-state index in [4.69, 9.17) is 10.00 Å². The average molecular weight is 245 g/mol. The van der Waals surface area contributed by atoms with Gasteiger partial charge in [0.15, 0.2) is 0 Å². The first kappa shape index (κ1) is 13.0. The Kier molecular flexibility index (Phi) is 3.92. The Morgan fingerprint density at radius 1 is 1.44 bits per heavy atom. The van der Waals surface area contributed by atoms with Crippen LogP contribution in [0.15, 0.2) is 0 Å². The quantitative estimate of drug-likeness (QED) is 0.682. The van der Waals surface area contributed by atoms with Gasteiger partial charge in [0.2, 0.25) is 0 Å². The number of nitrogens with zero attached hydrogens (tertiary/aromatic N) is 1. The molecule has 6 heteroatoms. The Bertz CT molecular complexity index is 393. The average Bonchev–Trinajstić information content (AvgIpc) is 2.22. The SMILES string of the molecule is CCOC(=O)CC1(C#N)CCS(=O)(=O)CC1. The predicted molar refractivity (Wildman–Crippen MR) is 57.2 cm³/mol. The van der Waals surface area contributed by atoms with Gasteiger partial charge in [0.05, 0.1) is 36.0 Å². The number of ether oxygens (including phenoxy) is 1. The lowest BCUT2D eigenvalue weighted by molar-refractivity contribution is -0.145. The molecule has 0 bridgehead atoms. The van der Waals surface area contributed by atoms with Crippen molar-refractivity contribution in [3.8, 4) is 6.07 Å². The van der Waals surface area contributed by atoms with Gasteiger partial charge >= 0.3 is 5.97 Å². The number of carbonyl (C=O) groups is 1. The first-order valence-corrected chi connectivity index (χ1v) is 7.02. The molecule has 1 rings (SSSR count). The van der Waals surface area contributed by atoms with Crippen LogP contribution in [0.2, 0.25) is 0 Å². The van der Waals surface area contributed by atoms with Gasteiger partial charge in [-0.2, -0.15) is 5.26 Å². The molecular formula is C10H15NO4S. The fourth-order valence-electron chi connectivity index (χ4n) is 1.75. The summed E-state index contributed by atoms with van der Waals surface area (Å²) in [5.74, 6) is -0.455. The lowest BCUT2D eigenvalue weighted by Gasteiger charge is -2.29. The van der Waals surface area contributed by atoms with Gasteiger partial charge in [0, 0.05) is 0 Å². The zero-order chi connectivity index (χ0) is 12.2. The fraction of sp³-hybridized carbons (Fsp3) is 0.800. The van der Waals surface area contributed by atoms with E-state index in [-0.39, 0.29) is 37.4 Å². The molecule has 1 fully saturated rings. The Hall–Kier alpha value is -1.09. The Morgan fingerprint density at radius 3 is 2.44 bits per heavy atom. The van der Waals surface area contributed by atoms with Crippen LogP contribution in [0, 0.1) is 16.7 Å². The first-order chi connectivity index (χ1) is 7.43. The van der Waals surface area contributed by atoms with Gasteiger partial charge in [-0.25, -0.2) is 8.42 Å². The van der Waals surface area contributed by atoms with E-state index in [1.165, 1.54) is 0 Å². The standard InChI is InChI=1S/C10H15NO4S/c1-2-15-9(12)7-10(8-11)3-5-16(13,14)6-4-10/h2-7H2,1H3. The topological polar surface area (TPSA) is 84.2 Å². The minimum absolute atomic E-state index is 0.00708. The number of nitriles is 1. The number of hydrogen-bond acceptors (Lipinski definition) is 5. The van der Waals surface area contributed by atoms with Crippen molar-refractivity contribution < 1.29 is 17.9 Å². The molecule has 0 radical (unpaired) electrons. The van der Waals surface area contributed by atoms with E-state index in [1.54, 1.807) is 6.92 Å². The van der Waals surface area contributed by atoms with Gasteiger partial charge in [0.25, 0.3) is 0 Å². The third-order valence-corrected chi connectivity index (χ3v) is 4.46. The molecule has 1 saturated heterocycles. The summed E-state index contributed by atoms with van der Waals surface area (Å²) < 4.78 is 27.3. The summed E-state index contributed by atoms with van der Waals surface area (Å²) in [6.45, 7) is 1.97. The molecule has 0 N–H and O–H groups in total. The molecule has 0 amide bonds. The number of rotatable bonds is 3. The van der Waals surface area contributed by atoms with Crippen molar-refractivity contribution in [3.63, 3.8) is 0 Å². The van der Waals surface area contributed by atoms with Gasteiger partial charge in [-0.05, 0) is 19.8 Å². The maximum Gasteiger partial charge on any atom is 0.307 e. The van der Waals surface area contributed by atoms with Crippen LogP contribution < -0.4 is 0 Å². The van der Waals surface area contributed by atoms with E-state index in [9.17, 15) is 13.2 Å². The number of esters is 1. The number of sulfone groups is 1. The van der Waals surface area contributed by atoms with Gasteiger partial charge in [-0.15, -0.1) is 0 Å². The summed E-state index contributed by atoms with van der Waals surface area (Å²) in [6, 6.07) is 2.08. The van der Waals surface area contributed by atoms with Crippen molar-refractivity contribution in [2.24, 2.45) is 5.41 Å². The van der Waals surface area contributed by atoms with Crippen LogP contribution in [0.1, 0.15) is 26.2 Å². The minimum atomic E-state index is -3.02. The van der Waals surface area contributed by atoms with Crippen LogP contribution in [-0.4, -0.2) is 32.5 Å². The first-order valence-electron chi connectivity index (χ1n) is 5.20. The van der Waals surface area contributed by atoms with Crippen LogP contribution in [0.3, 0.4) is 0 Å². The molecule has 1 aliphatic heterocycles. The Balaban J connectivity index is 2.68. The second-order valence-corrected chi connectivity index (χ2v) is 6.33. The highest BCUT2D eigenvalue weighted by Crippen LogP contribution is 2.35. The van der Waals surface area contributed by atoms with Crippen LogP contribution >= 0.6 is 0 Å². The summed E-state index contributed by atoms with van der Waals surface area (Å²) in [6.07, 6.45) is 0.447. The molecular weight excluding hydrogens is 230 g/mol. The molecule has 0 atom stereocenters. The number of hydrogen-bond donors (Lipinski definition) is 0. The van der Waals surface area contributed by atoms with Gasteiger partial charge in [-0.3, -0.25) is 4.79 Å². The van der Waals surface area contributed by atoms with E-state index in [0.29, 0.717) is 0 Å². The van der Waals surface area contributed by atoms with Gasteiger partial charge in [0.1, 0.15) is 9.84 Å². The van der Waals surface area contributed by atoms with Crippen molar-refractivity contribution >= 4 is 15.8 Å². The molecule has 1 heterocycles. The largest absolute Gasteiger partial charge is 0.466 e. The summed E-state index contributed by atoms with van der Waals surface area (Å²) in [7, 11) is -3.02. The molecule has 0 aliphatic carbocycles. The zero-order valence-electron chi connectivity index (χ0n) is 9.23. The van der Waals surface area contributed by atoms with Crippen molar-refractivity contribution in [1.82, 2.24) is 0 Å². The molecule has 0 spiro atoms. The third kappa shape index (κ3) is 3.20. The maximum atomic E-state index is 11.3. The molecule has 0 aromatic rings. The second kappa shape index (κ2) is 4.83. The molecule has 0 aromatic heterocycles. The Morgan fingerprint density at radius 2 is 2.00 bits per heavy atom. The molecule has 5 nitrogen and oxygen atoms in total. The highest BCUT2D eigenvalue weighted by Gasteiger charge is 2.39. The highest BCUT2D eigenvalue weighted by molar-refractivity contribution is 7.91. The van der Waals surface area contributed by atoms with E-state index >= 15 is 0 Å². The van der Waals surface area contributed by atoms with Crippen molar-refractivity contribution in [1.29, 1.82) is 5.26 Å². The van der Waals surface area contributed by atoms with Crippen LogP contribution in [0.5, 0.6) is 0 Å². The fourth-order valence-corrected chi connectivity index (χ4v) is 3.35. The highest BCUT2D eigenvalue weighted by atomic mass is 32.2. The zero-order valence-corrected chi connectivity index (χ0v) is 10.0. The monoisotopic (exact) mass is 245 g/mol. The lowest BCUT2D eigenvalue weighted by Crippen LogP contribution is -2.34. The minimum Gasteiger partial charge on any atom is -0.466 e. The van der Waals surface area contributed by atoms with E-state index in [1.807, 2.05) is 0 Å². The van der Waals surface area contributed by atoms with E-state index in [0.717, 1.165) is 0 Å². The smallest absolute Gasteiger partial charge is 0.307 e. The molecule has 16 heavy (non-hydrogen) atoms. The van der Waals surface area contributed by atoms with Crippen LogP contribution in [0.25, 0.3) is 0 Å². The van der Waals surface area contributed by atoms with Crippen molar-refractivity contribution in [3.05, 3.63) is 0 Å². The lowest BCUT2D eigenvalue weighted by atomic mass is 9.80. The summed E-state index contributed by atoms with van der Waals surface area (Å²) >= 11 is 0. The van der Waals surface area contributed by atoms with Crippen LogP contribution in [-0.2, 0) is 19.4 Å². The summed E-state index contributed by atoms with van der Waals surface area (Å²) in [4.78, 5) is 11.3. The van der Waals surface area contributed by atoms with E-state index < -0.39 is 21.2 Å². The van der Waals surface area contributed by atoms with Crippen LogP contribution in [0.4, 0.5) is 0 Å². The third-order valence-electron chi connectivity index (χ3n) is 2.81. The molecule has 90 valence electrons. The maximum absolute atomic E-state index is 11.3. The molecule has 0 aromatic carbocycles. The summed E-state index contributed by atoms with van der Waals surface area (Å²) in [5.41, 5.74) is -0.850. The van der Waals surface area contributed by atoms with Gasteiger partial charge in [-0.1, -0.05) is 0 Å². The van der Waals surface area contributed by atoms with Gasteiger partial charge < -0.3 is 4.74 Å². The normalized spacial score (nSPS) is 22.0. The number of carbonyl (C=O) groups excluding carboxylic acids is 1. The molecule has 0 unspecified atom stereocenters.